The van der Waals surface area contributed by atoms with Crippen molar-refractivity contribution in [1.29, 1.82) is 5.26 Å². The molecule has 1 aromatic rings. The second-order valence-corrected chi connectivity index (χ2v) is 6.79. The molecule has 5 nitrogen and oxygen atoms in total. The average molecular weight is 323 g/mol. The number of nitrogens with zero attached hydrogens (tertiary/aromatic N) is 3. The minimum Gasteiger partial charge on any atom is -0.399 e. The first-order valence-corrected chi connectivity index (χ1v) is 7.62. The standard InChI is InChI=1S/C17H26BN3O2/c1-16(2)17(3,4)23-18(22-16)14-11-20-21(12-14)15(9-10-19)13-7-5-6-8-13/h11-13,15H,5-9H2,1-4H3/i5D2,6D2,7D2,8D2. The van der Waals surface area contributed by atoms with Gasteiger partial charge in [-0.3, -0.25) is 4.68 Å². The molecular formula is C17H26BN3O2. The summed E-state index contributed by atoms with van der Waals surface area (Å²) in [5, 5.41) is 13.5. The lowest BCUT2D eigenvalue weighted by Crippen LogP contribution is -2.41. The second kappa shape index (κ2) is 5.96. The number of rotatable bonds is 4. The predicted molar refractivity (Wildman–Crippen MR) is 89.2 cm³/mol. The van der Waals surface area contributed by atoms with Gasteiger partial charge in [-0.2, -0.15) is 10.4 Å². The summed E-state index contributed by atoms with van der Waals surface area (Å²) in [6, 6.07) is 0.626. The maximum atomic E-state index is 9.34. The van der Waals surface area contributed by atoms with Gasteiger partial charge in [-0.25, -0.2) is 0 Å². The molecule has 1 unspecified atom stereocenters. The summed E-state index contributed by atoms with van der Waals surface area (Å²) in [5.41, 5.74) is -0.747. The zero-order valence-corrected chi connectivity index (χ0v) is 13.8. The minimum atomic E-state index is -3.12. The first-order valence-electron chi connectivity index (χ1n) is 11.6. The van der Waals surface area contributed by atoms with Gasteiger partial charge in [0.1, 0.15) is 0 Å². The Labute approximate surface area is 150 Å². The van der Waals surface area contributed by atoms with E-state index in [1.54, 1.807) is 0 Å². The molecule has 1 atom stereocenters. The molecule has 0 N–H and O–H groups in total. The summed E-state index contributed by atoms with van der Waals surface area (Å²) in [6.45, 7) is 7.51. The fraction of sp³-hybridized carbons (Fsp3) is 0.765. The normalized spacial score (nSPS) is 38.7. The van der Waals surface area contributed by atoms with Crippen LogP contribution in [0.5, 0.6) is 0 Å². The van der Waals surface area contributed by atoms with Crippen LogP contribution in [0.2, 0.25) is 0 Å². The quantitative estimate of drug-likeness (QED) is 0.800. The smallest absolute Gasteiger partial charge is 0.399 e. The highest BCUT2D eigenvalue weighted by Gasteiger charge is 2.52. The van der Waals surface area contributed by atoms with E-state index in [1.807, 2.05) is 33.8 Å². The van der Waals surface area contributed by atoms with Crippen LogP contribution >= 0.6 is 0 Å². The number of hydrogen-bond donors (Lipinski definition) is 0. The third kappa shape index (κ3) is 3.05. The lowest BCUT2D eigenvalue weighted by atomic mass is 9.82. The Hall–Kier alpha value is -1.32. The van der Waals surface area contributed by atoms with E-state index in [-0.39, 0.29) is 6.42 Å². The molecule has 3 rings (SSSR count). The molecule has 1 saturated heterocycles. The first-order chi connectivity index (χ1) is 13.8. The Bertz CT molecular complexity index is 869. The predicted octanol–water partition coefficient (Wildman–Crippen LogP) is 2.83. The molecule has 2 fully saturated rings. The average Bonchev–Trinajstić information content (AvgIpc) is 3.17. The zero-order valence-electron chi connectivity index (χ0n) is 21.8. The van der Waals surface area contributed by atoms with Crippen molar-refractivity contribution in [2.75, 3.05) is 0 Å². The number of nitriles is 1. The SMILES string of the molecule is [2H]C1([2H])C(C(CC#N)n2cc(B3OC(C)(C)C(C)(C)O3)cn2)C([2H])([2H])C([2H])([2H])C1([2H])[2H]. The molecule has 1 saturated carbocycles. The Morgan fingerprint density at radius 1 is 1.39 bits per heavy atom. The molecule has 0 bridgehead atoms. The Kier molecular flexibility index (Phi) is 2.39. The third-order valence-corrected chi connectivity index (χ3v) is 4.69. The zero-order chi connectivity index (χ0) is 23.8. The van der Waals surface area contributed by atoms with Crippen LogP contribution < -0.4 is 5.46 Å². The molecule has 1 aliphatic carbocycles. The Morgan fingerprint density at radius 2 is 2.00 bits per heavy atom. The Morgan fingerprint density at radius 3 is 2.57 bits per heavy atom. The third-order valence-electron chi connectivity index (χ3n) is 4.69. The van der Waals surface area contributed by atoms with E-state index in [0.717, 1.165) is 0 Å². The molecule has 0 radical (unpaired) electrons. The van der Waals surface area contributed by atoms with E-state index in [9.17, 15) is 5.26 Å². The highest BCUT2D eigenvalue weighted by Crippen LogP contribution is 2.37. The fourth-order valence-electron chi connectivity index (χ4n) is 2.55. The van der Waals surface area contributed by atoms with Crippen LogP contribution in [0.3, 0.4) is 0 Å². The van der Waals surface area contributed by atoms with Gasteiger partial charge in [-0.1, -0.05) is 12.7 Å². The van der Waals surface area contributed by atoms with E-state index in [1.165, 1.54) is 17.1 Å². The van der Waals surface area contributed by atoms with E-state index in [2.05, 4.69) is 5.10 Å². The van der Waals surface area contributed by atoms with Gasteiger partial charge in [0.05, 0.1) is 29.7 Å². The highest BCUT2D eigenvalue weighted by atomic mass is 16.7. The van der Waals surface area contributed by atoms with Gasteiger partial charge in [-0.15, -0.1) is 0 Å². The van der Waals surface area contributed by atoms with E-state index in [4.69, 9.17) is 20.3 Å². The van der Waals surface area contributed by atoms with Crippen molar-refractivity contribution >= 4 is 12.6 Å². The molecule has 124 valence electrons. The maximum Gasteiger partial charge on any atom is 0.498 e. The fourth-order valence-corrected chi connectivity index (χ4v) is 2.55. The molecule has 6 heteroatoms. The first kappa shape index (κ1) is 9.24. The van der Waals surface area contributed by atoms with Crippen molar-refractivity contribution in [2.45, 2.75) is 76.9 Å². The second-order valence-electron chi connectivity index (χ2n) is 6.79. The Balaban J connectivity index is 2.03. The van der Waals surface area contributed by atoms with Crippen LogP contribution in [0.25, 0.3) is 0 Å². The van der Waals surface area contributed by atoms with Gasteiger partial charge in [0, 0.05) is 28.8 Å². The summed E-state index contributed by atoms with van der Waals surface area (Å²) in [4.78, 5) is 0. The van der Waals surface area contributed by atoms with Crippen LogP contribution in [0.1, 0.15) is 76.6 Å². The monoisotopic (exact) mass is 323 g/mol. The molecule has 23 heavy (non-hydrogen) atoms. The van der Waals surface area contributed by atoms with Crippen LogP contribution in [-0.2, 0) is 9.31 Å². The molecule has 0 spiro atoms. The van der Waals surface area contributed by atoms with Crippen LogP contribution in [0.4, 0.5) is 0 Å². The van der Waals surface area contributed by atoms with Gasteiger partial charge >= 0.3 is 7.12 Å². The maximum absolute atomic E-state index is 9.34. The van der Waals surface area contributed by atoms with Gasteiger partial charge in [-0.05, 0) is 46.4 Å². The molecule has 1 aromatic heterocycles. The lowest BCUT2D eigenvalue weighted by molar-refractivity contribution is 0.00578. The van der Waals surface area contributed by atoms with Crippen molar-refractivity contribution in [2.24, 2.45) is 5.92 Å². The molecule has 0 aromatic carbocycles. The summed E-state index contributed by atoms with van der Waals surface area (Å²) < 4.78 is 78.4. The number of aromatic nitrogens is 2. The van der Waals surface area contributed by atoms with Crippen molar-refractivity contribution in [3.05, 3.63) is 12.4 Å². The molecular weight excluding hydrogens is 289 g/mol. The highest BCUT2D eigenvalue weighted by molar-refractivity contribution is 6.62. The summed E-state index contributed by atoms with van der Waals surface area (Å²) in [7, 11) is -0.781. The molecule has 2 aliphatic rings. The molecule has 0 amide bonds. The van der Waals surface area contributed by atoms with Gasteiger partial charge < -0.3 is 9.31 Å². The largest absolute Gasteiger partial charge is 0.498 e. The summed E-state index contributed by atoms with van der Waals surface area (Å²) in [5.74, 6) is -1.81. The molecule has 1 aliphatic heterocycles. The van der Waals surface area contributed by atoms with Crippen molar-refractivity contribution in [3.8, 4) is 6.07 Å². The summed E-state index contributed by atoms with van der Waals surface area (Å²) in [6.07, 6.45) is -9.57. The van der Waals surface area contributed by atoms with Gasteiger partial charge in [0.2, 0.25) is 0 Å². The minimum absolute atomic E-state index is 0.389. The van der Waals surface area contributed by atoms with Crippen LogP contribution in [0, 0.1) is 17.2 Å². The lowest BCUT2D eigenvalue weighted by Gasteiger charge is -2.32. The van der Waals surface area contributed by atoms with E-state index >= 15 is 0 Å². The van der Waals surface area contributed by atoms with Gasteiger partial charge in [0.25, 0.3) is 0 Å². The van der Waals surface area contributed by atoms with Crippen molar-refractivity contribution in [3.63, 3.8) is 0 Å². The van der Waals surface area contributed by atoms with Crippen molar-refractivity contribution in [1.82, 2.24) is 9.78 Å². The van der Waals surface area contributed by atoms with Crippen LogP contribution in [-0.4, -0.2) is 28.1 Å². The van der Waals surface area contributed by atoms with Crippen molar-refractivity contribution < 1.29 is 20.3 Å². The molecule has 2 heterocycles. The van der Waals surface area contributed by atoms with E-state index in [0.29, 0.717) is 5.46 Å². The van der Waals surface area contributed by atoms with Crippen LogP contribution in [0.15, 0.2) is 12.4 Å². The number of hydrogen-bond acceptors (Lipinski definition) is 4. The van der Waals surface area contributed by atoms with Gasteiger partial charge in [0.15, 0.2) is 0 Å². The summed E-state index contributed by atoms with van der Waals surface area (Å²) >= 11 is 0. The topological polar surface area (TPSA) is 60.1 Å². The van der Waals surface area contributed by atoms with E-state index < -0.39 is 55.8 Å².